The second kappa shape index (κ2) is 5.30. The Kier molecular flexibility index (Phi) is 4.29. The second-order valence-electron chi connectivity index (χ2n) is 4.56. The number of aliphatic carboxylic acids is 1. The van der Waals surface area contributed by atoms with Crippen LogP contribution in [0.2, 0.25) is 0 Å². The molecule has 1 saturated carbocycles. The summed E-state index contributed by atoms with van der Waals surface area (Å²) < 4.78 is 0. The largest absolute Gasteiger partial charge is 0.481 e. The minimum atomic E-state index is -1.29. The van der Waals surface area contributed by atoms with Gasteiger partial charge >= 0.3 is 5.97 Å². The lowest BCUT2D eigenvalue weighted by atomic mass is 9.84. The zero-order valence-corrected chi connectivity index (χ0v) is 9.53. The summed E-state index contributed by atoms with van der Waals surface area (Å²) in [5, 5.41) is 21.2. The number of carboxylic acid groups (broad SMARTS) is 1. The van der Waals surface area contributed by atoms with Crippen molar-refractivity contribution >= 4 is 11.9 Å². The van der Waals surface area contributed by atoms with Gasteiger partial charge in [-0.05, 0) is 19.8 Å². The highest BCUT2D eigenvalue weighted by molar-refractivity contribution is 5.85. The molecule has 0 saturated heterocycles. The van der Waals surface area contributed by atoms with Gasteiger partial charge in [0.05, 0.1) is 6.42 Å². The van der Waals surface area contributed by atoms with Gasteiger partial charge in [0.15, 0.2) is 0 Å². The maximum Gasteiger partial charge on any atom is 0.305 e. The highest BCUT2D eigenvalue weighted by atomic mass is 16.4. The van der Waals surface area contributed by atoms with Gasteiger partial charge < -0.3 is 15.5 Å². The van der Waals surface area contributed by atoms with Gasteiger partial charge in [-0.1, -0.05) is 19.3 Å². The average Bonchev–Trinajstić information content (AvgIpc) is 2.17. The first kappa shape index (κ1) is 13.0. The monoisotopic (exact) mass is 229 g/mol. The molecule has 0 heterocycles. The summed E-state index contributed by atoms with van der Waals surface area (Å²) in [6.45, 7) is 1.62. The van der Waals surface area contributed by atoms with Crippen LogP contribution in [0, 0.1) is 0 Å². The summed E-state index contributed by atoms with van der Waals surface area (Å²) in [6, 6.07) is -0.448. The molecule has 0 aliphatic heterocycles. The van der Waals surface area contributed by atoms with E-state index >= 15 is 0 Å². The van der Waals surface area contributed by atoms with E-state index < -0.39 is 23.5 Å². The van der Waals surface area contributed by atoms with Crippen LogP contribution < -0.4 is 5.32 Å². The molecule has 16 heavy (non-hydrogen) atoms. The Morgan fingerprint density at radius 1 is 1.31 bits per heavy atom. The Bertz CT molecular complexity index is 271. The SMILES string of the molecule is CC(CC(=O)O)NC(=O)C1(O)CCCCC1. The molecule has 0 spiro atoms. The lowest BCUT2D eigenvalue weighted by molar-refractivity contribution is -0.144. The number of carbonyl (C=O) groups excluding carboxylic acids is 1. The van der Waals surface area contributed by atoms with Crippen molar-refractivity contribution in [3.05, 3.63) is 0 Å². The third kappa shape index (κ3) is 3.48. The summed E-state index contributed by atoms with van der Waals surface area (Å²) in [5.74, 6) is -1.38. The summed E-state index contributed by atoms with van der Waals surface area (Å²) in [7, 11) is 0. The Hall–Kier alpha value is -1.10. The lowest BCUT2D eigenvalue weighted by Crippen LogP contribution is -2.50. The van der Waals surface area contributed by atoms with Crippen LogP contribution in [-0.2, 0) is 9.59 Å². The van der Waals surface area contributed by atoms with E-state index in [9.17, 15) is 14.7 Å². The third-order valence-corrected chi connectivity index (χ3v) is 2.96. The zero-order valence-electron chi connectivity index (χ0n) is 9.53. The fourth-order valence-corrected chi connectivity index (χ4v) is 2.03. The van der Waals surface area contributed by atoms with E-state index in [2.05, 4.69) is 5.32 Å². The molecular formula is C11H19NO4. The molecule has 0 bridgehead atoms. The number of amides is 1. The first-order chi connectivity index (χ1) is 7.44. The molecule has 1 fully saturated rings. The quantitative estimate of drug-likeness (QED) is 0.661. The van der Waals surface area contributed by atoms with Crippen molar-refractivity contribution in [3.63, 3.8) is 0 Å². The second-order valence-corrected chi connectivity index (χ2v) is 4.56. The van der Waals surface area contributed by atoms with Crippen molar-refractivity contribution in [3.8, 4) is 0 Å². The molecule has 5 heteroatoms. The van der Waals surface area contributed by atoms with Crippen molar-refractivity contribution in [2.24, 2.45) is 0 Å². The molecule has 0 aromatic carbocycles. The van der Waals surface area contributed by atoms with Gasteiger partial charge in [-0.3, -0.25) is 9.59 Å². The molecule has 1 unspecified atom stereocenters. The summed E-state index contributed by atoms with van der Waals surface area (Å²) in [4.78, 5) is 22.2. The van der Waals surface area contributed by atoms with E-state index in [-0.39, 0.29) is 6.42 Å². The predicted octanol–water partition coefficient (Wildman–Crippen LogP) is 0.661. The molecule has 5 nitrogen and oxygen atoms in total. The van der Waals surface area contributed by atoms with Crippen molar-refractivity contribution in [2.45, 2.75) is 57.1 Å². The third-order valence-electron chi connectivity index (χ3n) is 2.96. The molecule has 92 valence electrons. The van der Waals surface area contributed by atoms with Crippen LogP contribution in [-0.4, -0.2) is 33.7 Å². The molecule has 0 aromatic heterocycles. The fourth-order valence-electron chi connectivity index (χ4n) is 2.03. The van der Waals surface area contributed by atoms with Crippen LogP contribution in [0.5, 0.6) is 0 Å². The number of carbonyl (C=O) groups is 2. The maximum absolute atomic E-state index is 11.8. The summed E-state index contributed by atoms with van der Waals surface area (Å²) >= 11 is 0. The van der Waals surface area contributed by atoms with Gasteiger partial charge in [0.25, 0.3) is 5.91 Å². The van der Waals surface area contributed by atoms with E-state index in [0.717, 1.165) is 19.3 Å². The molecule has 1 aliphatic carbocycles. The van der Waals surface area contributed by atoms with Gasteiger partial charge in [0.1, 0.15) is 5.60 Å². The highest BCUT2D eigenvalue weighted by Crippen LogP contribution is 2.28. The lowest BCUT2D eigenvalue weighted by Gasteiger charge is -2.31. The molecule has 3 N–H and O–H groups in total. The Balaban J connectivity index is 2.47. The fraction of sp³-hybridized carbons (Fsp3) is 0.818. The number of hydrogen-bond acceptors (Lipinski definition) is 3. The van der Waals surface area contributed by atoms with Gasteiger partial charge in [0.2, 0.25) is 0 Å². The van der Waals surface area contributed by atoms with E-state index in [4.69, 9.17) is 5.11 Å². The predicted molar refractivity (Wildman–Crippen MR) is 57.9 cm³/mol. The molecule has 1 rings (SSSR count). The molecule has 0 radical (unpaired) electrons. The van der Waals surface area contributed by atoms with Crippen molar-refractivity contribution < 1.29 is 19.8 Å². The molecule has 1 aliphatic rings. The van der Waals surface area contributed by atoms with Crippen LogP contribution >= 0.6 is 0 Å². The number of aliphatic hydroxyl groups is 1. The van der Waals surface area contributed by atoms with E-state index in [0.29, 0.717) is 12.8 Å². The topological polar surface area (TPSA) is 86.6 Å². The van der Waals surface area contributed by atoms with Crippen molar-refractivity contribution in [2.75, 3.05) is 0 Å². The number of rotatable bonds is 4. The minimum absolute atomic E-state index is 0.123. The summed E-state index contributed by atoms with van der Waals surface area (Å²) in [6.07, 6.45) is 3.55. The maximum atomic E-state index is 11.8. The van der Waals surface area contributed by atoms with Gasteiger partial charge in [0, 0.05) is 6.04 Å². The Morgan fingerprint density at radius 2 is 1.88 bits per heavy atom. The number of carboxylic acids is 1. The van der Waals surface area contributed by atoms with E-state index in [1.165, 1.54) is 0 Å². The molecule has 0 aromatic rings. The van der Waals surface area contributed by atoms with Crippen LogP contribution in [0.25, 0.3) is 0 Å². The summed E-state index contributed by atoms with van der Waals surface area (Å²) in [5.41, 5.74) is -1.29. The first-order valence-corrected chi connectivity index (χ1v) is 5.69. The van der Waals surface area contributed by atoms with E-state index in [1.807, 2.05) is 0 Å². The standard InChI is InChI=1S/C11H19NO4/c1-8(7-9(13)14)12-10(15)11(16)5-3-2-4-6-11/h8,16H,2-7H2,1H3,(H,12,15)(H,13,14). The Morgan fingerprint density at radius 3 is 2.38 bits per heavy atom. The van der Waals surface area contributed by atoms with Crippen LogP contribution in [0.15, 0.2) is 0 Å². The minimum Gasteiger partial charge on any atom is -0.481 e. The molecule has 1 atom stereocenters. The van der Waals surface area contributed by atoms with Gasteiger partial charge in [-0.25, -0.2) is 0 Å². The van der Waals surface area contributed by atoms with Crippen LogP contribution in [0.3, 0.4) is 0 Å². The Labute approximate surface area is 94.8 Å². The number of nitrogens with one attached hydrogen (secondary N) is 1. The van der Waals surface area contributed by atoms with Crippen LogP contribution in [0.1, 0.15) is 45.4 Å². The molecule has 1 amide bonds. The first-order valence-electron chi connectivity index (χ1n) is 5.69. The number of hydrogen-bond donors (Lipinski definition) is 3. The van der Waals surface area contributed by atoms with Gasteiger partial charge in [-0.2, -0.15) is 0 Å². The average molecular weight is 229 g/mol. The zero-order chi connectivity index (χ0) is 12.2. The van der Waals surface area contributed by atoms with E-state index in [1.54, 1.807) is 6.92 Å². The highest BCUT2D eigenvalue weighted by Gasteiger charge is 2.37. The molecular weight excluding hydrogens is 210 g/mol. The van der Waals surface area contributed by atoms with Crippen molar-refractivity contribution in [1.29, 1.82) is 0 Å². The van der Waals surface area contributed by atoms with Crippen LogP contribution in [0.4, 0.5) is 0 Å². The van der Waals surface area contributed by atoms with Gasteiger partial charge in [-0.15, -0.1) is 0 Å². The smallest absolute Gasteiger partial charge is 0.305 e. The van der Waals surface area contributed by atoms with Crippen molar-refractivity contribution in [1.82, 2.24) is 5.32 Å². The normalized spacial score (nSPS) is 21.1.